The van der Waals surface area contributed by atoms with E-state index in [9.17, 15) is 19.6 Å². The molecule has 0 aliphatic heterocycles. The van der Waals surface area contributed by atoms with E-state index in [2.05, 4.69) is 40.7 Å². The van der Waals surface area contributed by atoms with Crippen LogP contribution < -0.4 is 5.73 Å². The molecule has 0 saturated heterocycles. The van der Waals surface area contributed by atoms with E-state index in [4.69, 9.17) is 5.73 Å². The van der Waals surface area contributed by atoms with E-state index in [0.29, 0.717) is 6.42 Å². The van der Waals surface area contributed by atoms with Crippen LogP contribution in [-0.2, 0) is 14.4 Å². The number of fused-ring (bicyclic) bond motifs is 7. The van der Waals surface area contributed by atoms with Gasteiger partial charge in [-0.05, 0) is 84.4 Å². The van der Waals surface area contributed by atoms with Gasteiger partial charge in [0.1, 0.15) is 11.9 Å². The number of primary amides is 1. The molecule has 0 aromatic rings. The molecule has 0 radical (unpaired) electrons. The van der Waals surface area contributed by atoms with Crippen LogP contribution in [0.1, 0.15) is 92.9 Å². The monoisotopic (exact) mass is 478 g/mol. The van der Waals surface area contributed by atoms with E-state index >= 15 is 0 Å². The predicted octanol–water partition coefficient (Wildman–Crippen LogP) is 5.38. The molecule has 35 heavy (non-hydrogen) atoms. The van der Waals surface area contributed by atoms with Crippen molar-refractivity contribution in [3.8, 4) is 6.07 Å². The van der Waals surface area contributed by atoms with Crippen LogP contribution >= 0.6 is 0 Å². The summed E-state index contributed by atoms with van der Waals surface area (Å²) in [7, 11) is 0. The number of rotatable bonds is 1. The average molecular weight is 479 g/mol. The van der Waals surface area contributed by atoms with Crippen molar-refractivity contribution in [1.82, 2.24) is 0 Å². The average Bonchev–Trinajstić information content (AvgIpc) is 2.77. The zero-order valence-electron chi connectivity index (χ0n) is 22.4. The highest BCUT2D eigenvalue weighted by molar-refractivity contribution is 6.02. The van der Waals surface area contributed by atoms with Gasteiger partial charge in [-0.1, -0.05) is 47.6 Å². The first-order chi connectivity index (χ1) is 16.2. The molecule has 5 heteroatoms. The third kappa shape index (κ3) is 2.95. The summed E-state index contributed by atoms with van der Waals surface area (Å²) in [5, 5.41) is 9.74. The van der Waals surface area contributed by atoms with Gasteiger partial charge in [-0.2, -0.15) is 5.26 Å². The van der Waals surface area contributed by atoms with Gasteiger partial charge < -0.3 is 5.73 Å². The van der Waals surface area contributed by atoms with Crippen LogP contribution in [0, 0.1) is 68.0 Å². The van der Waals surface area contributed by atoms with Gasteiger partial charge >= 0.3 is 0 Å². The standard InChI is InChI=1S/C30H42N2O3/c1-17-19-7-8-28(5)22(27(19,4)14-18(16-31)24(17)34)13-21(33)23-20-15-26(2,3)9-11-30(20,25(32)35)12-10-29(23,28)6/h14,17,19-20,22-23H,7-13,15H2,1-6H3,(H2,32,35). The van der Waals surface area contributed by atoms with Crippen LogP contribution in [0.15, 0.2) is 11.6 Å². The summed E-state index contributed by atoms with van der Waals surface area (Å²) in [6, 6.07) is 2.17. The summed E-state index contributed by atoms with van der Waals surface area (Å²) in [6.45, 7) is 13.4. The molecule has 1 amide bonds. The molecule has 0 spiro atoms. The fourth-order valence-corrected chi connectivity index (χ4v) is 10.4. The molecule has 5 nitrogen and oxygen atoms in total. The minimum atomic E-state index is -0.570. The van der Waals surface area contributed by atoms with Gasteiger partial charge in [-0.3, -0.25) is 14.4 Å². The number of nitrogens with zero attached hydrogens (tertiary/aromatic N) is 1. The molecule has 5 aliphatic carbocycles. The van der Waals surface area contributed by atoms with Crippen molar-refractivity contribution in [3.05, 3.63) is 11.6 Å². The van der Waals surface area contributed by atoms with Gasteiger partial charge in [0.05, 0.1) is 11.0 Å². The minimum absolute atomic E-state index is 0.00428. The quantitative estimate of drug-likeness (QED) is 0.546. The Morgan fingerprint density at radius 3 is 2.29 bits per heavy atom. The Kier molecular flexibility index (Phi) is 5.15. The van der Waals surface area contributed by atoms with Crippen LogP contribution in [0.4, 0.5) is 0 Å². The largest absolute Gasteiger partial charge is 0.369 e. The lowest BCUT2D eigenvalue weighted by Crippen LogP contribution is -2.69. The van der Waals surface area contributed by atoms with Crippen LogP contribution in [0.3, 0.4) is 0 Å². The first-order valence-electron chi connectivity index (χ1n) is 13.7. The van der Waals surface area contributed by atoms with Gasteiger partial charge in [0.2, 0.25) is 5.91 Å². The fraction of sp³-hybridized carbons (Fsp3) is 0.800. The number of ketones is 2. The highest BCUT2D eigenvalue weighted by Crippen LogP contribution is 2.75. The summed E-state index contributed by atoms with van der Waals surface area (Å²) in [5.41, 5.74) is 5.21. The predicted molar refractivity (Wildman–Crippen MR) is 133 cm³/mol. The van der Waals surface area contributed by atoms with E-state index in [1.165, 1.54) is 0 Å². The van der Waals surface area contributed by atoms with Gasteiger partial charge in [0, 0.05) is 18.3 Å². The maximum Gasteiger partial charge on any atom is 0.223 e. The van der Waals surface area contributed by atoms with Crippen molar-refractivity contribution in [2.45, 2.75) is 92.9 Å². The number of nitrogens with two attached hydrogens (primary N) is 1. The number of amides is 1. The number of hydrogen-bond acceptors (Lipinski definition) is 4. The second-order valence-corrected chi connectivity index (χ2v) is 14.4. The van der Waals surface area contributed by atoms with Crippen LogP contribution in [0.2, 0.25) is 0 Å². The number of allylic oxidation sites excluding steroid dienone is 2. The Balaban J connectivity index is 1.64. The van der Waals surface area contributed by atoms with Crippen molar-refractivity contribution in [2.24, 2.45) is 62.4 Å². The molecule has 9 unspecified atom stereocenters. The van der Waals surface area contributed by atoms with Gasteiger partial charge in [-0.15, -0.1) is 0 Å². The Morgan fingerprint density at radius 2 is 1.66 bits per heavy atom. The Hall–Kier alpha value is -1.96. The lowest BCUT2D eigenvalue weighted by atomic mass is 9.32. The summed E-state index contributed by atoms with van der Waals surface area (Å²) < 4.78 is 0. The minimum Gasteiger partial charge on any atom is -0.369 e. The number of carbonyl (C=O) groups excluding carboxylic acids is 3. The van der Waals surface area contributed by atoms with Crippen molar-refractivity contribution >= 4 is 17.5 Å². The molecule has 2 N–H and O–H groups in total. The van der Waals surface area contributed by atoms with E-state index in [1.54, 1.807) is 0 Å². The van der Waals surface area contributed by atoms with Crippen molar-refractivity contribution in [3.63, 3.8) is 0 Å². The van der Waals surface area contributed by atoms with Gasteiger partial charge in [0.25, 0.3) is 0 Å². The normalized spacial score (nSPS) is 50.5. The second kappa shape index (κ2) is 7.30. The van der Waals surface area contributed by atoms with Crippen LogP contribution in [-0.4, -0.2) is 17.5 Å². The summed E-state index contributed by atoms with van der Waals surface area (Å²) >= 11 is 0. The number of hydrogen-bond donors (Lipinski definition) is 1. The molecule has 5 aliphatic rings. The maximum absolute atomic E-state index is 14.3. The molecule has 4 saturated carbocycles. The summed E-state index contributed by atoms with van der Waals surface area (Å²) in [5.74, 6) is -0.101. The summed E-state index contributed by atoms with van der Waals surface area (Å²) in [4.78, 5) is 40.1. The molecular weight excluding hydrogens is 436 g/mol. The zero-order chi connectivity index (χ0) is 25.8. The van der Waals surface area contributed by atoms with E-state index in [0.717, 1.165) is 44.9 Å². The first kappa shape index (κ1) is 24.7. The maximum atomic E-state index is 14.3. The Bertz CT molecular complexity index is 1080. The smallest absolute Gasteiger partial charge is 0.223 e. The van der Waals surface area contributed by atoms with Crippen LogP contribution in [0.25, 0.3) is 0 Å². The summed E-state index contributed by atoms with van der Waals surface area (Å²) in [6.07, 6.45) is 8.54. The molecule has 0 aromatic heterocycles. The Labute approximate surface area is 210 Å². The SMILES string of the molecule is CC1C(=O)C(C#N)=CC2(C)C1CCC1(C)C2CC(=O)C2C3CC(C)(C)CCC3(C(N)=O)CCC21C. The second-order valence-electron chi connectivity index (χ2n) is 14.4. The third-order valence-corrected chi connectivity index (χ3v) is 12.6. The molecule has 0 heterocycles. The molecule has 5 rings (SSSR count). The fourth-order valence-electron chi connectivity index (χ4n) is 10.4. The topological polar surface area (TPSA) is 101 Å². The van der Waals surface area contributed by atoms with E-state index < -0.39 is 5.41 Å². The third-order valence-electron chi connectivity index (χ3n) is 12.6. The lowest BCUT2D eigenvalue weighted by molar-refractivity contribution is -0.218. The number of nitriles is 1. The van der Waals surface area contributed by atoms with Crippen molar-refractivity contribution in [2.75, 3.05) is 0 Å². The Morgan fingerprint density at radius 1 is 1.00 bits per heavy atom. The van der Waals surface area contributed by atoms with Crippen molar-refractivity contribution < 1.29 is 14.4 Å². The van der Waals surface area contributed by atoms with Crippen LogP contribution in [0.5, 0.6) is 0 Å². The molecule has 190 valence electrons. The molecule has 4 fully saturated rings. The van der Waals surface area contributed by atoms with Gasteiger partial charge in [-0.25, -0.2) is 0 Å². The number of Topliss-reactive ketones (excluding diaryl/α,β-unsaturated/α-hetero) is 2. The zero-order valence-corrected chi connectivity index (χ0v) is 22.4. The van der Waals surface area contributed by atoms with E-state index in [-0.39, 0.29) is 74.3 Å². The lowest BCUT2D eigenvalue weighted by Gasteiger charge is -2.71. The van der Waals surface area contributed by atoms with Crippen molar-refractivity contribution in [1.29, 1.82) is 5.26 Å². The highest BCUT2D eigenvalue weighted by Gasteiger charge is 2.72. The van der Waals surface area contributed by atoms with E-state index in [1.807, 2.05) is 13.0 Å². The molecule has 0 bridgehead atoms. The molecule has 0 aromatic carbocycles. The van der Waals surface area contributed by atoms with Gasteiger partial charge in [0.15, 0.2) is 5.78 Å². The molecular formula is C30H42N2O3. The molecule has 9 atom stereocenters. The first-order valence-corrected chi connectivity index (χ1v) is 13.7. The highest BCUT2D eigenvalue weighted by atomic mass is 16.1. The number of carbonyl (C=O) groups is 3.